The van der Waals surface area contributed by atoms with Crippen LogP contribution < -0.4 is 15.9 Å². The van der Waals surface area contributed by atoms with E-state index in [1.807, 2.05) is 32.0 Å². The van der Waals surface area contributed by atoms with Gasteiger partial charge >= 0.3 is 5.97 Å². The van der Waals surface area contributed by atoms with Crippen molar-refractivity contribution in [1.29, 1.82) is 0 Å². The standard InChI is InChI=1S/C27H26O3P/c1-3-29-27(28)25-19-30-26(21(25)2)20-31(22-13-7-4-8-14-22,23-15-9-5-10-16-23)24-17-11-6-12-18-24/h4-19H,3,20H2,1-2H3/q+1. The summed E-state index contributed by atoms with van der Waals surface area (Å²) in [5.41, 5.74) is 1.36. The molecule has 156 valence electrons. The van der Waals surface area contributed by atoms with Crippen molar-refractivity contribution in [2.75, 3.05) is 6.61 Å². The first kappa shape index (κ1) is 21.1. The van der Waals surface area contributed by atoms with Gasteiger partial charge in [0.2, 0.25) is 0 Å². The van der Waals surface area contributed by atoms with E-state index in [9.17, 15) is 4.79 Å². The number of esters is 1. The molecular formula is C27H26O3P+. The molecule has 0 aliphatic heterocycles. The maximum absolute atomic E-state index is 12.4. The van der Waals surface area contributed by atoms with Crippen LogP contribution in [0.3, 0.4) is 0 Å². The lowest BCUT2D eigenvalue weighted by Crippen LogP contribution is -2.32. The highest BCUT2D eigenvalue weighted by molar-refractivity contribution is 7.95. The quantitative estimate of drug-likeness (QED) is 0.297. The maximum Gasteiger partial charge on any atom is 0.341 e. The first-order valence-corrected chi connectivity index (χ1v) is 12.4. The molecular weight excluding hydrogens is 403 g/mol. The fraction of sp³-hybridized carbons (Fsp3) is 0.148. The van der Waals surface area contributed by atoms with Gasteiger partial charge in [0.15, 0.2) is 0 Å². The fourth-order valence-corrected chi connectivity index (χ4v) is 8.23. The molecule has 0 bridgehead atoms. The van der Waals surface area contributed by atoms with Gasteiger partial charge in [0.05, 0.1) is 6.61 Å². The molecule has 31 heavy (non-hydrogen) atoms. The largest absolute Gasteiger partial charge is 0.464 e. The molecule has 1 heterocycles. The van der Waals surface area contributed by atoms with Crippen molar-refractivity contribution in [2.45, 2.75) is 20.0 Å². The summed E-state index contributed by atoms with van der Waals surface area (Å²) in [6, 6.07) is 31.9. The molecule has 0 radical (unpaired) electrons. The van der Waals surface area contributed by atoms with Crippen LogP contribution in [0.5, 0.6) is 0 Å². The predicted octanol–water partition coefficient (Wildman–Crippen LogP) is 5.26. The van der Waals surface area contributed by atoms with E-state index < -0.39 is 7.26 Å². The Kier molecular flexibility index (Phi) is 6.34. The Morgan fingerprint density at radius 3 is 1.68 bits per heavy atom. The van der Waals surface area contributed by atoms with Gasteiger partial charge in [0, 0.05) is 5.56 Å². The molecule has 4 aromatic rings. The number of hydrogen-bond donors (Lipinski definition) is 0. The zero-order valence-corrected chi connectivity index (χ0v) is 18.7. The van der Waals surface area contributed by atoms with E-state index in [0.29, 0.717) is 18.3 Å². The number of rotatable bonds is 7. The van der Waals surface area contributed by atoms with E-state index >= 15 is 0 Å². The van der Waals surface area contributed by atoms with Crippen LogP contribution in [-0.2, 0) is 10.9 Å². The van der Waals surface area contributed by atoms with Crippen LogP contribution in [0.15, 0.2) is 102 Å². The van der Waals surface area contributed by atoms with Gasteiger partial charge < -0.3 is 9.15 Å². The molecule has 0 aliphatic rings. The third-order valence-electron chi connectivity index (χ3n) is 5.61. The molecule has 0 fully saturated rings. The van der Waals surface area contributed by atoms with Crippen LogP contribution in [0.1, 0.15) is 28.6 Å². The number of ether oxygens (including phenoxy) is 1. The summed E-state index contributed by atoms with van der Waals surface area (Å²) in [5.74, 6) is 0.492. The summed E-state index contributed by atoms with van der Waals surface area (Å²) >= 11 is 0. The van der Waals surface area contributed by atoms with Crippen molar-refractivity contribution in [3.05, 3.63) is 114 Å². The number of hydrogen-bond acceptors (Lipinski definition) is 3. The summed E-state index contributed by atoms with van der Waals surface area (Å²) in [6.45, 7) is 4.10. The van der Waals surface area contributed by atoms with Gasteiger partial charge in [0.25, 0.3) is 0 Å². The molecule has 3 aromatic carbocycles. The average Bonchev–Trinajstić information content (AvgIpc) is 3.19. The minimum Gasteiger partial charge on any atom is -0.464 e. The summed E-state index contributed by atoms with van der Waals surface area (Å²) in [7, 11) is -2.08. The van der Waals surface area contributed by atoms with Gasteiger partial charge in [-0.25, -0.2) is 4.79 Å². The molecule has 0 N–H and O–H groups in total. The Balaban J connectivity index is 1.93. The molecule has 4 rings (SSSR count). The maximum atomic E-state index is 12.4. The summed E-state index contributed by atoms with van der Waals surface area (Å²) in [6.07, 6.45) is 2.23. The second-order valence-corrected chi connectivity index (χ2v) is 10.9. The third-order valence-corrected chi connectivity index (χ3v) is 9.91. The van der Waals surface area contributed by atoms with E-state index in [0.717, 1.165) is 11.3 Å². The van der Waals surface area contributed by atoms with E-state index in [1.165, 1.54) is 15.9 Å². The van der Waals surface area contributed by atoms with Crippen molar-refractivity contribution < 1.29 is 13.9 Å². The van der Waals surface area contributed by atoms with Gasteiger partial charge in [-0.15, -0.1) is 0 Å². The second-order valence-electron chi connectivity index (χ2n) is 7.39. The van der Waals surface area contributed by atoms with Gasteiger partial charge in [-0.1, -0.05) is 54.6 Å². The van der Waals surface area contributed by atoms with E-state index in [1.54, 1.807) is 6.26 Å². The van der Waals surface area contributed by atoms with Crippen LogP contribution in [0.2, 0.25) is 0 Å². The van der Waals surface area contributed by atoms with Crippen LogP contribution in [-0.4, -0.2) is 12.6 Å². The third kappa shape index (κ3) is 4.06. The molecule has 0 saturated heterocycles. The predicted molar refractivity (Wildman–Crippen MR) is 128 cm³/mol. The smallest absolute Gasteiger partial charge is 0.341 e. The summed E-state index contributed by atoms with van der Waals surface area (Å²) < 4.78 is 11.2. The first-order chi connectivity index (χ1) is 15.2. The van der Waals surface area contributed by atoms with Gasteiger partial charge in [-0.05, 0) is 50.2 Å². The molecule has 0 atom stereocenters. The Morgan fingerprint density at radius 1 is 0.806 bits per heavy atom. The lowest BCUT2D eigenvalue weighted by atomic mass is 10.2. The number of carbonyl (C=O) groups excluding carboxylic acids is 1. The van der Waals surface area contributed by atoms with E-state index in [4.69, 9.17) is 9.15 Å². The van der Waals surface area contributed by atoms with Gasteiger partial charge in [-0.2, -0.15) is 0 Å². The molecule has 0 unspecified atom stereocenters. The lowest BCUT2D eigenvalue weighted by Gasteiger charge is -2.27. The zero-order chi connectivity index (χ0) is 21.7. The molecule has 1 aromatic heterocycles. The fourth-order valence-electron chi connectivity index (χ4n) is 4.01. The molecule has 3 nitrogen and oxygen atoms in total. The van der Waals surface area contributed by atoms with Crippen LogP contribution in [0, 0.1) is 6.92 Å². The highest BCUT2D eigenvalue weighted by Crippen LogP contribution is 2.58. The monoisotopic (exact) mass is 429 g/mol. The van der Waals surface area contributed by atoms with E-state index in [-0.39, 0.29) is 5.97 Å². The minimum absolute atomic E-state index is 0.335. The molecule has 0 aliphatic carbocycles. The SMILES string of the molecule is CCOC(=O)c1coc(C[P+](c2ccccc2)(c2ccccc2)c2ccccc2)c1C. The Labute approximate surface area is 184 Å². The average molecular weight is 429 g/mol. The van der Waals surface area contributed by atoms with Crippen LogP contribution in [0.25, 0.3) is 0 Å². The lowest BCUT2D eigenvalue weighted by molar-refractivity contribution is 0.0525. The first-order valence-electron chi connectivity index (χ1n) is 10.5. The Hall–Kier alpha value is -3.16. The number of benzene rings is 3. The minimum atomic E-state index is -2.08. The molecule has 0 saturated carbocycles. The van der Waals surface area contributed by atoms with Crippen LogP contribution >= 0.6 is 7.26 Å². The number of carbonyl (C=O) groups is 1. The molecule has 4 heteroatoms. The molecule has 0 amide bonds. The van der Waals surface area contributed by atoms with Gasteiger partial charge in [-0.3, -0.25) is 0 Å². The van der Waals surface area contributed by atoms with Crippen molar-refractivity contribution in [1.82, 2.24) is 0 Å². The van der Waals surface area contributed by atoms with Crippen LogP contribution in [0.4, 0.5) is 0 Å². The Morgan fingerprint density at radius 2 is 1.26 bits per heavy atom. The highest BCUT2D eigenvalue weighted by Gasteiger charge is 2.46. The van der Waals surface area contributed by atoms with Crippen molar-refractivity contribution in [3.8, 4) is 0 Å². The topological polar surface area (TPSA) is 39.4 Å². The zero-order valence-electron chi connectivity index (χ0n) is 17.8. The van der Waals surface area contributed by atoms with E-state index in [2.05, 4.69) is 72.8 Å². The van der Waals surface area contributed by atoms with Gasteiger partial charge in [0.1, 0.15) is 46.9 Å². The number of furan rings is 1. The Bertz CT molecular complexity index is 1040. The summed E-state index contributed by atoms with van der Waals surface area (Å²) in [5, 5.41) is 3.84. The second kappa shape index (κ2) is 9.32. The van der Waals surface area contributed by atoms with Crippen molar-refractivity contribution >= 4 is 29.1 Å². The summed E-state index contributed by atoms with van der Waals surface area (Å²) in [4.78, 5) is 12.4. The highest BCUT2D eigenvalue weighted by atomic mass is 31.2. The molecule has 0 spiro atoms. The van der Waals surface area contributed by atoms with Crippen molar-refractivity contribution in [3.63, 3.8) is 0 Å². The van der Waals surface area contributed by atoms with Crippen molar-refractivity contribution in [2.24, 2.45) is 0 Å². The normalized spacial score (nSPS) is 11.3.